The number of aromatic nitrogens is 2. The summed E-state index contributed by atoms with van der Waals surface area (Å²) in [4.78, 5) is 99.3. The van der Waals surface area contributed by atoms with Crippen LogP contribution in [0.3, 0.4) is 0 Å². The van der Waals surface area contributed by atoms with Gasteiger partial charge < -0.3 is 53.2 Å². The van der Waals surface area contributed by atoms with E-state index in [1.807, 2.05) is 6.26 Å². The van der Waals surface area contributed by atoms with Crippen molar-refractivity contribution in [2.24, 2.45) is 17.4 Å². The molecular weight excluding hydrogens is 783 g/mol. The molecule has 2 aromatic carbocycles. The summed E-state index contributed by atoms with van der Waals surface area (Å²) < 4.78 is 0. The van der Waals surface area contributed by atoms with Gasteiger partial charge in [0.05, 0.1) is 12.4 Å². The van der Waals surface area contributed by atoms with Gasteiger partial charge in [-0.05, 0) is 60.4 Å². The van der Waals surface area contributed by atoms with Crippen LogP contribution in [0.2, 0.25) is 0 Å². The van der Waals surface area contributed by atoms with Gasteiger partial charge in [-0.1, -0.05) is 56.3 Å². The van der Waals surface area contributed by atoms with Crippen molar-refractivity contribution >= 4 is 53.2 Å². The highest BCUT2D eigenvalue weighted by molar-refractivity contribution is 7.98. The number of primary amides is 1. The molecular formula is C40H55N9O9S. The first kappa shape index (κ1) is 47.4. The summed E-state index contributed by atoms with van der Waals surface area (Å²) in [5, 5.41) is 32.9. The predicted octanol–water partition coefficient (Wildman–Crippen LogP) is 0.0438. The fourth-order valence-electron chi connectivity index (χ4n) is 5.98. The smallest absolute Gasteiger partial charge is 0.326 e. The summed E-state index contributed by atoms with van der Waals surface area (Å²) in [5.41, 5.74) is 13.3. The number of hydrogen-bond donors (Lipinski definition) is 10. The van der Waals surface area contributed by atoms with Crippen molar-refractivity contribution in [3.8, 4) is 5.75 Å². The quantitative estimate of drug-likeness (QED) is 0.0542. The largest absolute Gasteiger partial charge is 0.508 e. The molecule has 0 radical (unpaired) electrons. The normalized spacial score (nSPS) is 14.1. The van der Waals surface area contributed by atoms with Gasteiger partial charge in [0.1, 0.15) is 36.0 Å². The van der Waals surface area contributed by atoms with Gasteiger partial charge in [0.25, 0.3) is 0 Å². The van der Waals surface area contributed by atoms with Gasteiger partial charge in [0.2, 0.25) is 35.4 Å². The number of nitrogens with zero attached hydrogens (tertiary/aromatic N) is 1. The molecule has 18 nitrogen and oxygen atoms in total. The number of rotatable bonds is 25. The lowest BCUT2D eigenvalue weighted by Crippen LogP contribution is -2.60. The average molecular weight is 838 g/mol. The number of aliphatic carboxylic acids is 1. The van der Waals surface area contributed by atoms with Crippen LogP contribution in [0.25, 0.3) is 0 Å². The maximum Gasteiger partial charge on any atom is 0.326 e. The number of nitrogens with two attached hydrogens (primary N) is 2. The standard InChI is InChI=1S/C40H55N9O9S/c1-23(2)17-31(38(55)48-32(18-25-9-11-27(50)12-10-25)39(56)49-33(40(57)58)19-24-7-5-4-6-8-24)47-36(53)29(13-14-34(42)51)46-37(54)30(15-16-59-3)45-35(52)28(41)20-26-21-43-22-44-26/h4-12,21-23,28-33,50H,13-20,41H2,1-3H3,(H2,42,51)(H,43,44)(H,45,52)(H,46,54)(H,47,53)(H,48,55)(H,49,56)(H,57,58)/t28-,29-,30-,31-,32-,33-/m0/s1. The second kappa shape index (κ2) is 24.1. The molecule has 0 saturated heterocycles. The van der Waals surface area contributed by atoms with Gasteiger partial charge in [-0.3, -0.25) is 28.8 Å². The van der Waals surface area contributed by atoms with Gasteiger partial charge in [-0.2, -0.15) is 11.8 Å². The van der Waals surface area contributed by atoms with Crippen LogP contribution in [0, 0.1) is 5.92 Å². The van der Waals surface area contributed by atoms with Crippen molar-refractivity contribution < 1.29 is 43.8 Å². The zero-order valence-electron chi connectivity index (χ0n) is 33.3. The molecule has 0 aliphatic rings. The molecule has 0 fully saturated rings. The van der Waals surface area contributed by atoms with Gasteiger partial charge in [-0.15, -0.1) is 0 Å². The number of nitrogens with one attached hydrogen (secondary N) is 6. The maximum atomic E-state index is 14.0. The number of imidazole rings is 1. The third kappa shape index (κ3) is 16.8. The Hall–Kier alpha value is -5.95. The van der Waals surface area contributed by atoms with Crippen molar-refractivity contribution in [2.45, 2.75) is 95.0 Å². The number of carboxylic acid groups (broad SMARTS) is 1. The highest BCUT2D eigenvalue weighted by Crippen LogP contribution is 2.14. The van der Waals surface area contributed by atoms with Gasteiger partial charge >= 0.3 is 5.97 Å². The molecule has 19 heteroatoms. The number of benzene rings is 2. The molecule has 3 aromatic rings. The molecule has 0 bridgehead atoms. The fourth-order valence-corrected chi connectivity index (χ4v) is 6.46. The van der Waals surface area contributed by atoms with E-state index in [1.54, 1.807) is 56.3 Å². The van der Waals surface area contributed by atoms with Gasteiger partial charge in [0, 0.05) is 37.6 Å². The number of hydrogen-bond acceptors (Lipinski definition) is 11. The molecule has 0 unspecified atom stereocenters. The molecule has 1 heterocycles. The van der Waals surface area contributed by atoms with E-state index in [0.29, 0.717) is 22.6 Å². The van der Waals surface area contributed by atoms with Crippen LogP contribution in [0.4, 0.5) is 0 Å². The number of phenolic OH excluding ortho intramolecular Hbond substituents is 1. The minimum absolute atomic E-state index is 0.0305. The van der Waals surface area contributed by atoms with Crippen LogP contribution in [0.15, 0.2) is 67.1 Å². The highest BCUT2D eigenvalue weighted by Gasteiger charge is 2.33. The molecule has 0 aliphatic carbocycles. The molecule has 3 rings (SSSR count). The van der Waals surface area contributed by atoms with E-state index in [4.69, 9.17) is 11.5 Å². The van der Waals surface area contributed by atoms with E-state index < -0.39 is 77.7 Å². The summed E-state index contributed by atoms with van der Waals surface area (Å²) in [6, 6.07) is 7.10. The van der Waals surface area contributed by atoms with Crippen LogP contribution in [-0.4, -0.2) is 110 Å². The number of thioether (sulfide) groups is 1. The van der Waals surface area contributed by atoms with Crippen LogP contribution in [0.5, 0.6) is 5.75 Å². The number of carboxylic acids is 1. The van der Waals surface area contributed by atoms with Gasteiger partial charge in [0.15, 0.2) is 0 Å². The first-order valence-electron chi connectivity index (χ1n) is 19.1. The molecule has 6 amide bonds. The Labute approximate surface area is 346 Å². The Morgan fingerprint density at radius 3 is 1.81 bits per heavy atom. The maximum absolute atomic E-state index is 14.0. The lowest BCUT2D eigenvalue weighted by atomic mass is 9.99. The zero-order valence-corrected chi connectivity index (χ0v) is 34.1. The first-order valence-corrected chi connectivity index (χ1v) is 20.5. The van der Waals surface area contributed by atoms with Gasteiger partial charge in [-0.25, -0.2) is 9.78 Å². The molecule has 0 saturated carbocycles. The Kier molecular flexibility index (Phi) is 19.4. The number of carbonyl (C=O) groups excluding carboxylic acids is 6. The summed E-state index contributed by atoms with van der Waals surface area (Å²) in [5.74, 6) is -5.56. The van der Waals surface area contributed by atoms with E-state index in [2.05, 4.69) is 36.6 Å². The Balaban J connectivity index is 1.83. The van der Waals surface area contributed by atoms with Crippen LogP contribution in [0.1, 0.15) is 56.4 Å². The summed E-state index contributed by atoms with van der Waals surface area (Å²) in [7, 11) is 0. The third-order valence-electron chi connectivity index (χ3n) is 9.13. The summed E-state index contributed by atoms with van der Waals surface area (Å²) >= 11 is 1.43. The highest BCUT2D eigenvalue weighted by atomic mass is 32.2. The Morgan fingerprint density at radius 2 is 1.24 bits per heavy atom. The minimum Gasteiger partial charge on any atom is -0.508 e. The Bertz CT molecular complexity index is 1850. The van der Waals surface area contributed by atoms with E-state index in [9.17, 15) is 43.8 Å². The first-order chi connectivity index (χ1) is 28.1. The van der Waals surface area contributed by atoms with E-state index in [0.717, 1.165) is 0 Å². The Morgan fingerprint density at radius 1 is 0.712 bits per heavy atom. The van der Waals surface area contributed by atoms with Crippen LogP contribution >= 0.6 is 11.8 Å². The second-order valence-corrected chi connectivity index (χ2v) is 15.5. The van der Waals surface area contributed by atoms with Crippen molar-refractivity contribution in [3.63, 3.8) is 0 Å². The zero-order chi connectivity index (χ0) is 43.5. The number of amides is 6. The topological polar surface area (TPSA) is 301 Å². The van der Waals surface area contributed by atoms with Crippen molar-refractivity contribution in [1.82, 2.24) is 36.6 Å². The van der Waals surface area contributed by atoms with Crippen molar-refractivity contribution in [3.05, 3.63) is 83.9 Å². The van der Waals surface area contributed by atoms with E-state index in [1.165, 1.54) is 36.4 Å². The van der Waals surface area contributed by atoms with E-state index >= 15 is 0 Å². The number of phenols is 1. The molecule has 59 heavy (non-hydrogen) atoms. The molecule has 0 spiro atoms. The molecule has 1 aromatic heterocycles. The molecule has 6 atom stereocenters. The lowest BCUT2D eigenvalue weighted by molar-refractivity contribution is -0.142. The average Bonchev–Trinajstić information content (AvgIpc) is 3.70. The minimum atomic E-state index is -1.38. The van der Waals surface area contributed by atoms with Crippen LogP contribution < -0.4 is 38.1 Å². The number of aromatic amines is 1. The van der Waals surface area contributed by atoms with Crippen molar-refractivity contribution in [2.75, 3.05) is 12.0 Å². The second-order valence-electron chi connectivity index (χ2n) is 14.5. The van der Waals surface area contributed by atoms with E-state index in [-0.39, 0.29) is 56.6 Å². The third-order valence-corrected chi connectivity index (χ3v) is 9.78. The number of carbonyl (C=O) groups is 7. The molecule has 12 N–H and O–H groups in total. The monoisotopic (exact) mass is 837 g/mol. The predicted molar refractivity (Wildman–Crippen MR) is 220 cm³/mol. The molecule has 0 aliphatic heterocycles. The summed E-state index contributed by atoms with van der Waals surface area (Å²) in [6.07, 6.45) is 4.47. The van der Waals surface area contributed by atoms with Crippen molar-refractivity contribution in [1.29, 1.82) is 0 Å². The fraction of sp³-hybridized carbons (Fsp3) is 0.450. The lowest BCUT2D eigenvalue weighted by Gasteiger charge is -2.28. The number of H-pyrrole nitrogens is 1. The summed E-state index contributed by atoms with van der Waals surface area (Å²) in [6.45, 7) is 3.60. The van der Waals surface area contributed by atoms with Crippen LogP contribution in [-0.2, 0) is 52.8 Å². The number of aromatic hydroxyl groups is 1. The SMILES string of the molecule is CSCC[C@H](NC(=O)[C@@H](N)Cc1cnc[nH]1)C(=O)N[C@@H](CCC(N)=O)C(=O)N[C@@H](CC(C)C)C(=O)N[C@@H](Cc1ccc(O)cc1)C(=O)N[C@@H](Cc1ccccc1)C(=O)O. The molecule has 320 valence electrons.